The Bertz CT molecular complexity index is 279. The topological polar surface area (TPSA) is 40.5 Å². The van der Waals surface area contributed by atoms with Crippen molar-refractivity contribution in [2.24, 2.45) is 11.8 Å². The standard InChI is InChI=1S/C14H27NO2/c1-7-10(2)12(16)11-8-13(3,4)15(17)14(5,6)9-11/h10-11,17H,7-9H2,1-6H3. The largest absolute Gasteiger partial charge is 0.313 e. The highest BCUT2D eigenvalue weighted by Gasteiger charge is 2.47. The first-order valence-electron chi connectivity index (χ1n) is 6.64. The fourth-order valence-electron chi connectivity index (χ4n) is 3.08. The first kappa shape index (κ1) is 14.7. The monoisotopic (exact) mass is 241 g/mol. The van der Waals surface area contributed by atoms with Crippen LogP contribution in [0.5, 0.6) is 0 Å². The molecule has 1 fully saturated rings. The Morgan fingerprint density at radius 1 is 1.29 bits per heavy atom. The first-order chi connectivity index (χ1) is 7.62. The van der Waals surface area contributed by atoms with Crippen molar-refractivity contribution in [2.75, 3.05) is 0 Å². The first-order valence-corrected chi connectivity index (χ1v) is 6.64. The van der Waals surface area contributed by atoms with Crippen LogP contribution in [-0.4, -0.2) is 27.1 Å². The Labute approximate surface area is 105 Å². The summed E-state index contributed by atoms with van der Waals surface area (Å²) < 4.78 is 0. The molecule has 0 amide bonds. The van der Waals surface area contributed by atoms with E-state index in [2.05, 4.69) is 6.92 Å². The summed E-state index contributed by atoms with van der Waals surface area (Å²) in [6.07, 6.45) is 2.39. The molecular formula is C14H27NO2. The number of Topliss-reactive ketones (excluding diaryl/α,β-unsaturated/α-hetero) is 1. The number of hydroxylamine groups is 2. The molecule has 0 aliphatic carbocycles. The van der Waals surface area contributed by atoms with E-state index < -0.39 is 0 Å². The van der Waals surface area contributed by atoms with Crippen molar-refractivity contribution in [3.63, 3.8) is 0 Å². The Kier molecular flexibility index (Phi) is 4.04. The summed E-state index contributed by atoms with van der Waals surface area (Å²) in [5, 5.41) is 11.6. The van der Waals surface area contributed by atoms with Crippen molar-refractivity contribution in [2.45, 2.75) is 71.9 Å². The molecule has 1 aliphatic heterocycles. The van der Waals surface area contributed by atoms with Crippen molar-refractivity contribution in [1.29, 1.82) is 0 Å². The summed E-state index contributed by atoms with van der Waals surface area (Å²) in [5.41, 5.74) is -0.648. The van der Waals surface area contributed by atoms with Crippen LogP contribution in [0.1, 0.15) is 60.8 Å². The van der Waals surface area contributed by atoms with E-state index in [1.165, 1.54) is 5.06 Å². The lowest BCUT2D eigenvalue weighted by Crippen LogP contribution is -2.60. The van der Waals surface area contributed by atoms with E-state index in [1.54, 1.807) is 0 Å². The molecule has 100 valence electrons. The van der Waals surface area contributed by atoms with E-state index in [9.17, 15) is 10.0 Å². The molecule has 0 spiro atoms. The summed E-state index contributed by atoms with van der Waals surface area (Å²) in [4.78, 5) is 12.3. The molecule has 3 heteroatoms. The molecule has 0 bridgehead atoms. The number of rotatable bonds is 3. The van der Waals surface area contributed by atoms with Gasteiger partial charge in [-0.2, -0.15) is 5.06 Å². The lowest BCUT2D eigenvalue weighted by atomic mass is 9.71. The molecule has 1 aliphatic rings. The fourth-order valence-corrected chi connectivity index (χ4v) is 3.08. The quantitative estimate of drug-likeness (QED) is 0.824. The molecule has 1 atom stereocenters. The van der Waals surface area contributed by atoms with Gasteiger partial charge in [-0.3, -0.25) is 4.79 Å². The van der Waals surface area contributed by atoms with Crippen LogP contribution >= 0.6 is 0 Å². The molecular weight excluding hydrogens is 214 g/mol. The van der Waals surface area contributed by atoms with Gasteiger partial charge in [-0.25, -0.2) is 0 Å². The molecule has 3 nitrogen and oxygen atoms in total. The minimum Gasteiger partial charge on any atom is -0.313 e. The highest BCUT2D eigenvalue weighted by molar-refractivity contribution is 5.83. The van der Waals surface area contributed by atoms with Crippen molar-refractivity contribution in [1.82, 2.24) is 5.06 Å². The molecule has 1 saturated heterocycles. The number of hydrogen-bond donors (Lipinski definition) is 1. The third-order valence-corrected chi connectivity index (χ3v) is 4.14. The predicted octanol–water partition coefficient (Wildman–Crippen LogP) is 3.26. The minimum atomic E-state index is -0.324. The molecule has 1 rings (SSSR count). The van der Waals surface area contributed by atoms with Gasteiger partial charge in [0.25, 0.3) is 0 Å². The Morgan fingerprint density at radius 3 is 2.06 bits per heavy atom. The highest BCUT2D eigenvalue weighted by Crippen LogP contribution is 2.41. The average Bonchev–Trinajstić information content (AvgIpc) is 2.22. The number of ketones is 1. The SMILES string of the molecule is CCC(C)C(=O)C1CC(C)(C)N(O)C(C)(C)C1. The van der Waals surface area contributed by atoms with Crippen LogP contribution in [-0.2, 0) is 4.79 Å². The van der Waals surface area contributed by atoms with Gasteiger partial charge in [0.15, 0.2) is 0 Å². The molecule has 0 aromatic carbocycles. The van der Waals surface area contributed by atoms with E-state index in [1.807, 2.05) is 34.6 Å². The Morgan fingerprint density at radius 2 is 1.71 bits per heavy atom. The van der Waals surface area contributed by atoms with E-state index >= 15 is 0 Å². The van der Waals surface area contributed by atoms with E-state index in [0.29, 0.717) is 5.78 Å². The molecule has 0 radical (unpaired) electrons. The van der Waals surface area contributed by atoms with Crippen molar-refractivity contribution in [3.8, 4) is 0 Å². The fraction of sp³-hybridized carbons (Fsp3) is 0.929. The summed E-state index contributed by atoms with van der Waals surface area (Å²) in [6.45, 7) is 12.1. The normalized spacial score (nSPS) is 26.8. The van der Waals surface area contributed by atoms with Gasteiger partial charge < -0.3 is 5.21 Å². The van der Waals surface area contributed by atoms with Gasteiger partial charge in [0.1, 0.15) is 5.78 Å². The van der Waals surface area contributed by atoms with Gasteiger partial charge in [-0.05, 0) is 47.0 Å². The van der Waals surface area contributed by atoms with Gasteiger partial charge >= 0.3 is 0 Å². The zero-order chi connectivity index (χ0) is 13.4. The van der Waals surface area contributed by atoms with Gasteiger partial charge in [0.05, 0.1) is 0 Å². The number of nitrogens with zero attached hydrogens (tertiary/aromatic N) is 1. The lowest BCUT2D eigenvalue weighted by Gasteiger charge is -2.51. The number of carbonyl (C=O) groups is 1. The summed E-state index contributed by atoms with van der Waals surface area (Å²) in [5.74, 6) is 0.581. The average molecular weight is 241 g/mol. The van der Waals surface area contributed by atoms with Crippen LogP contribution in [0.15, 0.2) is 0 Å². The Balaban J connectivity index is 2.89. The summed E-state index contributed by atoms with van der Waals surface area (Å²) >= 11 is 0. The van der Waals surface area contributed by atoms with E-state index in [-0.39, 0.29) is 22.9 Å². The van der Waals surface area contributed by atoms with Crippen molar-refractivity contribution >= 4 is 5.78 Å². The van der Waals surface area contributed by atoms with Crippen molar-refractivity contribution in [3.05, 3.63) is 0 Å². The zero-order valence-corrected chi connectivity index (χ0v) is 12.1. The minimum absolute atomic E-state index is 0.0818. The van der Waals surface area contributed by atoms with Crippen LogP contribution < -0.4 is 0 Å². The van der Waals surface area contributed by atoms with Gasteiger partial charge in [0, 0.05) is 22.9 Å². The van der Waals surface area contributed by atoms with Gasteiger partial charge in [-0.1, -0.05) is 13.8 Å². The lowest BCUT2D eigenvalue weighted by molar-refractivity contribution is -0.249. The third kappa shape index (κ3) is 2.89. The predicted molar refractivity (Wildman–Crippen MR) is 69.0 cm³/mol. The maximum absolute atomic E-state index is 12.3. The molecule has 0 aromatic heterocycles. The summed E-state index contributed by atoms with van der Waals surface area (Å²) in [7, 11) is 0. The number of carbonyl (C=O) groups excluding carboxylic acids is 1. The van der Waals surface area contributed by atoms with Crippen LogP contribution in [0, 0.1) is 11.8 Å². The zero-order valence-electron chi connectivity index (χ0n) is 12.1. The van der Waals surface area contributed by atoms with Crippen LogP contribution in [0.4, 0.5) is 0 Å². The smallest absolute Gasteiger partial charge is 0.138 e. The molecule has 1 heterocycles. The van der Waals surface area contributed by atoms with Crippen LogP contribution in [0.3, 0.4) is 0 Å². The summed E-state index contributed by atoms with van der Waals surface area (Å²) in [6, 6.07) is 0. The van der Waals surface area contributed by atoms with E-state index in [4.69, 9.17) is 0 Å². The van der Waals surface area contributed by atoms with Gasteiger partial charge in [0.2, 0.25) is 0 Å². The molecule has 17 heavy (non-hydrogen) atoms. The second-order valence-electron chi connectivity index (χ2n) is 6.75. The maximum atomic E-state index is 12.3. The Hall–Kier alpha value is -0.410. The third-order valence-electron chi connectivity index (χ3n) is 4.14. The second kappa shape index (κ2) is 4.69. The van der Waals surface area contributed by atoms with Gasteiger partial charge in [-0.15, -0.1) is 0 Å². The highest BCUT2D eigenvalue weighted by atomic mass is 16.5. The molecule has 0 aromatic rings. The van der Waals surface area contributed by atoms with Crippen molar-refractivity contribution < 1.29 is 10.0 Å². The second-order valence-corrected chi connectivity index (χ2v) is 6.75. The van der Waals surface area contributed by atoms with Crippen LogP contribution in [0.25, 0.3) is 0 Å². The van der Waals surface area contributed by atoms with E-state index in [0.717, 1.165) is 19.3 Å². The molecule has 0 saturated carbocycles. The maximum Gasteiger partial charge on any atom is 0.138 e. The number of hydrogen-bond acceptors (Lipinski definition) is 3. The number of piperidine rings is 1. The van der Waals surface area contributed by atoms with Crippen LogP contribution in [0.2, 0.25) is 0 Å². The molecule has 1 unspecified atom stereocenters. The molecule has 1 N–H and O–H groups in total.